The number of benzene rings is 2. The van der Waals surface area contributed by atoms with Gasteiger partial charge < -0.3 is 0 Å². The lowest BCUT2D eigenvalue weighted by Crippen LogP contribution is -1.79. The fraction of sp³-hybridized carbons (Fsp3) is 0. The van der Waals surface area contributed by atoms with Gasteiger partial charge in [0.1, 0.15) is 0 Å². The molecule has 3 nitrogen and oxygen atoms in total. The van der Waals surface area contributed by atoms with Crippen LogP contribution in [-0.2, 0) is 11.5 Å². The van der Waals surface area contributed by atoms with Crippen molar-refractivity contribution in [2.45, 2.75) is 0 Å². The largest absolute Gasteiger partial charge is 0.205 e. The highest BCUT2D eigenvalue weighted by molar-refractivity contribution is 7.54. The zero-order valence-corrected chi connectivity index (χ0v) is 8.49. The molecule has 2 aromatic rings. The zero-order chi connectivity index (χ0) is 10.7. The van der Waals surface area contributed by atoms with Gasteiger partial charge in [-0.25, -0.2) is 0 Å². The summed E-state index contributed by atoms with van der Waals surface area (Å²) < 4.78 is 14.1. The van der Waals surface area contributed by atoms with Crippen molar-refractivity contribution in [1.29, 1.82) is 5.26 Å². The second kappa shape index (κ2) is 4.03. The normalized spacial score (nSPS) is 9.53. The molecule has 0 heterocycles. The molecule has 0 bridgehead atoms. The Labute approximate surface area is 90.2 Å². The first kappa shape index (κ1) is 9.56. The maximum absolute atomic E-state index is 10.4. The van der Waals surface area contributed by atoms with Crippen LogP contribution in [0.1, 0.15) is 5.56 Å². The van der Waals surface area contributed by atoms with Gasteiger partial charge in [0.25, 0.3) is 0 Å². The Balaban J connectivity index is 2.90. The van der Waals surface area contributed by atoms with E-state index >= 15 is 0 Å². The number of nitrogens with zero attached hydrogens (tertiary/aromatic N) is 2. The third-order valence-corrected chi connectivity index (χ3v) is 2.43. The standard InChI is InChI=1S/C11H6N2OS/c12-7-8-5-6-11(13-15-14)10-4-2-1-3-9(8)10/h1-6H. The molecule has 0 spiro atoms. The fourth-order valence-corrected chi connectivity index (χ4v) is 1.74. The van der Waals surface area contributed by atoms with Gasteiger partial charge in [0.05, 0.1) is 17.3 Å². The molecule has 0 aliphatic rings. The number of nitriles is 1. The molecule has 2 rings (SSSR count). The van der Waals surface area contributed by atoms with Crippen molar-refractivity contribution in [1.82, 2.24) is 0 Å². The van der Waals surface area contributed by atoms with Crippen LogP contribution in [0.5, 0.6) is 0 Å². The van der Waals surface area contributed by atoms with Crippen molar-refractivity contribution in [2.24, 2.45) is 4.36 Å². The van der Waals surface area contributed by atoms with Crippen LogP contribution >= 0.6 is 0 Å². The summed E-state index contributed by atoms with van der Waals surface area (Å²) in [6.07, 6.45) is 0. The van der Waals surface area contributed by atoms with Crippen molar-refractivity contribution < 1.29 is 4.21 Å². The van der Waals surface area contributed by atoms with Crippen molar-refractivity contribution in [2.75, 3.05) is 0 Å². The summed E-state index contributed by atoms with van der Waals surface area (Å²) in [6, 6.07) is 12.9. The monoisotopic (exact) mass is 214 g/mol. The molecule has 15 heavy (non-hydrogen) atoms. The highest BCUT2D eigenvalue weighted by atomic mass is 32.1. The Morgan fingerprint density at radius 3 is 2.53 bits per heavy atom. The molecule has 0 fully saturated rings. The molecule has 0 saturated carbocycles. The maximum Gasteiger partial charge on any atom is 0.205 e. The molecule has 0 aromatic heterocycles. The molecule has 0 saturated heterocycles. The minimum atomic E-state index is 0.175. The highest BCUT2D eigenvalue weighted by Crippen LogP contribution is 2.28. The summed E-state index contributed by atoms with van der Waals surface area (Å²) >= 11 is 0.175. The van der Waals surface area contributed by atoms with E-state index in [9.17, 15) is 4.21 Å². The Hall–Kier alpha value is -1.99. The first-order valence-corrected chi connectivity index (χ1v) is 4.98. The molecule has 0 aliphatic heterocycles. The molecule has 0 unspecified atom stereocenters. The van der Waals surface area contributed by atoms with Gasteiger partial charge in [-0.15, -0.1) is 0 Å². The molecular formula is C11H6N2OS. The lowest BCUT2D eigenvalue weighted by Gasteiger charge is -2.01. The number of hydrogen-bond donors (Lipinski definition) is 0. The van der Waals surface area contributed by atoms with Crippen molar-refractivity contribution >= 4 is 27.9 Å². The van der Waals surface area contributed by atoms with Gasteiger partial charge in [0.2, 0.25) is 11.5 Å². The molecule has 0 N–H and O–H groups in total. The van der Waals surface area contributed by atoms with Gasteiger partial charge in [-0.1, -0.05) is 24.3 Å². The van der Waals surface area contributed by atoms with Crippen molar-refractivity contribution in [3.8, 4) is 6.07 Å². The predicted octanol–water partition coefficient (Wildman–Crippen LogP) is 2.74. The van der Waals surface area contributed by atoms with E-state index in [1.165, 1.54) is 0 Å². The maximum atomic E-state index is 10.4. The molecule has 4 heteroatoms. The van der Waals surface area contributed by atoms with Gasteiger partial charge in [0.15, 0.2) is 0 Å². The third-order valence-electron chi connectivity index (χ3n) is 2.16. The van der Waals surface area contributed by atoms with E-state index in [4.69, 9.17) is 5.26 Å². The summed E-state index contributed by atoms with van der Waals surface area (Å²) in [4.78, 5) is 0. The zero-order valence-electron chi connectivity index (χ0n) is 7.68. The van der Waals surface area contributed by atoms with E-state index in [1.54, 1.807) is 12.1 Å². The summed E-state index contributed by atoms with van der Waals surface area (Å²) in [5.74, 6) is 0. The first-order chi connectivity index (χ1) is 7.36. The molecular weight excluding hydrogens is 208 g/mol. The van der Waals surface area contributed by atoms with Crippen LogP contribution in [0, 0.1) is 11.3 Å². The van der Waals surface area contributed by atoms with Crippen molar-refractivity contribution in [3.63, 3.8) is 0 Å². The van der Waals surface area contributed by atoms with E-state index in [-0.39, 0.29) is 11.5 Å². The van der Waals surface area contributed by atoms with E-state index in [0.717, 1.165) is 10.8 Å². The van der Waals surface area contributed by atoms with Gasteiger partial charge >= 0.3 is 0 Å². The fourth-order valence-electron chi connectivity index (χ4n) is 1.50. The minimum Gasteiger partial charge on any atom is -0.192 e. The highest BCUT2D eigenvalue weighted by Gasteiger charge is 2.03. The Morgan fingerprint density at radius 2 is 1.87 bits per heavy atom. The molecule has 0 radical (unpaired) electrons. The number of hydrogen-bond acceptors (Lipinski definition) is 3. The average Bonchev–Trinajstić information content (AvgIpc) is 2.30. The summed E-state index contributed by atoms with van der Waals surface area (Å²) in [7, 11) is 0. The first-order valence-electron chi connectivity index (χ1n) is 4.28. The van der Waals surface area contributed by atoms with Crippen molar-refractivity contribution in [3.05, 3.63) is 42.0 Å². The van der Waals surface area contributed by atoms with E-state index in [0.29, 0.717) is 11.3 Å². The van der Waals surface area contributed by atoms with Gasteiger partial charge in [-0.3, -0.25) is 0 Å². The van der Waals surface area contributed by atoms with Crippen LogP contribution in [0.2, 0.25) is 0 Å². The van der Waals surface area contributed by atoms with Crippen LogP contribution in [0.25, 0.3) is 10.8 Å². The Kier molecular flexibility index (Phi) is 2.57. The Morgan fingerprint density at radius 1 is 1.13 bits per heavy atom. The third kappa shape index (κ3) is 1.65. The summed E-state index contributed by atoms with van der Waals surface area (Å²) in [6.45, 7) is 0. The number of fused-ring (bicyclic) bond motifs is 1. The van der Waals surface area contributed by atoms with Gasteiger partial charge in [-0.2, -0.15) is 13.8 Å². The second-order valence-electron chi connectivity index (χ2n) is 2.96. The van der Waals surface area contributed by atoms with Crippen LogP contribution in [0.4, 0.5) is 5.69 Å². The smallest absolute Gasteiger partial charge is 0.192 e. The Bertz CT molecular complexity index is 610. The topological polar surface area (TPSA) is 53.2 Å². The van der Waals surface area contributed by atoms with E-state index in [1.807, 2.05) is 24.3 Å². The second-order valence-corrected chi connectivity index (χ2v) is 3.29. The SMILES string of the molecule is N#Cc1ccc(N=S=O)c2ccccc12. The quantitative estimate of drug-likeness (QED) is 0.732. The number of rotatable bonds is 1. The van der Waals surface area contributed by atoms with Gasteiger partial charge in [-0.05, 0) is 12.1 Å². The molecule has 2 aromatic carbocycles. The summed E-state index contributed by atoms with van der Waals surface area (Å²) in [5.41, 5.74) is 1.21. The van der Waals surface area contributed by atoms with E-state index in [2.05, 4.69) is 10.4 Å². The summed E-state index contributed by atoms with van der Waals surface area (Å²) in [5, 5.41) is 10.6. The lowest BCUT2D eigenvalue weighted by atomic mass is 10.0. The molecule has 0 atom stereocenters. The molecule has 72 valence electrons. The van der Waals surface area contributed by atoms with Crippen LogP contribution in [0.15, 0.2) is 40.8 Å². The predicted molar refractivity (Wildman–Crippen MR) is 58.9 cm³/mol. The van der Waals surface area contributed by atoms with Crippen LogP contribution < -0.4 is 0 Å². The average molecular weight is 214 g/mol. The van der Waals surface area contributed by atoms with E-state index < -0.39 is 0 Å². The van der Waals surface area contributed by atoms with Crippen LogP contribution in [-0.4, -0.2) is 4.21 Å². The van der Waals surface area contributed by atoms with Crippen LogP contribution in [0.3, 0.4) is 0 Å². The minimum absolute atomic E-state index is 0.175. The molecule has 0 amide bonds. The lowest BCUT2D eigenvalue weighted by molar-refractivity contribution is 0.698. The molecule has 0 aliphatic carbocycles. The van der Waals surface area contributed by atoms with Gasteiger partial charge in [0, 0.05) is 10.8 Å².